The van der Waals surface area contributed by atoms with E-state index in [-0.39, 0.29) is 29.3 Å². The van der Waals surface area contributed by atoms with Crippen molar-refractivity contribution in [1.29, 1.82) is 0 Å². The standard InChI is InChI=1S/C24H31N3O3S.ClH/c1-16-5-3-4-6-21(16)24(28)26-22-10-9-20(15-17(22)2)31(29,30)27-23(18-7-8-18)19-11-13-25-14-12-19;/h3-6,9-10,15,18-19,23,25,27H,7-8,11-14H2,1-2H3,(H,26,28);1H. The van der Waals surface area contributed by atoms with Crippen LogP contribution in [-0.4, -0.2) is 33.5 Å². The molecule has 0 radical (unpaired) electrons. The van der Waals surface area contributed by atoms with Crippen LogP contribution < -0.4 is 15.4 Å². The molecule has 0 bridgehead atoms. The first kappa shape index (κ1) is 24.7. The molecule has 6 nitrogen and oxygen atoms in total. The molecule has 2 aliphatic rings. The van der Waals surface area contributed by atoms with Gasteiger partial charge in [-0.05, 0) is 99.8 Å². The van der Waals surface area contributed by atoms with Gasteiger partial charge in [0.05, 0.1) is 4.90 Å². The van der Waals surface area contributed by atoms with E-state index in [0.29, 0.717) is 23.1 Å². The normalized spacial score (nSPS) is 17.9. The van der Waals surface area contributed by atoms with Crippen LogP contribution in [0.5, 0.6) is 0 Å². The summed E-state index contributed by atoms with van der Waals surface area (Å²) >= 11 is 0. The molecule has 1 aliphatic heterocycles. The molecule has 1 heterocycles. The van der Waals surface area contributed by atoms with Crippen LogP contribution in [0.4, 0.5) is 5.69 Å². The number of benzene rings is 2. The van der Waals surface area contributed by atoms with Crippen LogP contribution in [0.1, 0.15) is 47.2 Å². The lowest BCUT2D eigenvalue weighted by atomic mass is 9.88. The molecule has 32 heavy (non-hydrogen) atoms. The van der Waals surface area contributed by atoms with Crippen LogP contribution in [-0.2, 0) is 10.0 Å². The fourth-order valence-electron chi connectivity index (χ4n) is 4.44. The number of piperidine rings is 1. The Morgan fingerprint density at radius 1 is 0.969 bits per heavy atom. The minimum atomic E-state index is -3.62. The van der Waals surface area contributed by atoms with Gasteiger partial charge in [0.2, 0.25) is 10.0 Å². The zero-order valence-corrected chi connectivity index (χ0v) is 20.2. The number of carbonyl (C=O) groups excluding carboxylic acids is 1. The van der Waals surface area contributed by atoms with Gasteiger partial charge in [-0.2, -0.15) is 0 Å². The SMILES string of the molecule is Cc1cc(S(=O)(=O)NC(C2CCNCC2)C2CC2)ccc1NC(=O)c1ccccc1C.Cl. The Bertz CT molecular complexity index is 1060. The highest BCUT2D eigenvalue weighted by molar-refractivity contribution is 7.89. The van der Waals surface area contributed by atoms with Crippen LogP contribution >= 0.6 is 12.4 Å². The van der Waals surface area contributed by atoms with Crippen molar-refractivity contribution in [1.82, 2.24) is 10.0 Å². The number of hydrogen-bond donors (Lipinski definition) is 3. The number of aryl methyl sites for hydroxylation is 2. The molecular weight excluding hydrogens is 446 g/mol. The first-order chi connectivity index (χ1) is 14.8. The van der Waals surface area contributed by atoms with Gasteiger partial charge in [0, 0.05) is 17.3 Å². The van der Waals surface area contributed by atoms with Crippen LogP contribution in [0.2, 0.25) is 0 Å². The van der Waals surface area contributed by atoms with Gasteiger partial charge in [-0.15, -0.1) is 12.4 Å². The van der Waals surface area contributed by atoms with E-state index in [4.69, 9.17) is 0 Å². The van der Waals surface area contributed by atoms with Crippen molar-refractivity contribution in [3.8, 4) is 0 Å². The summed E-state index contributed by atoms with van der Waals surface area (Å²) < 4.78 is 29.3. The molecular formula is C24H32ClN3O3S. The van der Waals surface area contributed by atoms with Gasteiger partial charge in [-0.3, -0.25) is 4.79 Å². The lowest BCUT2D eigenvalue weighted by Crippen LogP contribution is -2.45. The minimum Gasteiger partial charge on any atom is -0.322 e. The number of rotatable bonds is 7. The largest absolute Gasteiger partial charge is 0.322 e. The van der Waals surface area contributed by atoms with E-state index in [1.165, 1.54) is 0 Å². The summed E-state index contributed by atoms with van der Waals surface area (Å²) in [5.74, 6) is 0.638. The fraction of sp³-hybridized carbons (Fsp3) is 0.458. The van der Waals surface area contributed by atoms with E-state index in [9.17, 15) is 13.2 Å². The molecule has 2 aromatic rings. The summed E-state index contributed by atoms with van der Waals surface area (Å²) in [5.41, 5.74) is 2.83. The third kappa shape index (κ3) is 5.70. The highest BCUT2D eigenvalue weighted by Crippen LogP contribution is 2.39. The maximum Gasteiger partial charge on any atom is 0.255 e. The van der Waals surface area contributed by atoms with Gasteiger partial charge < -0.3 is 10.6 Å². The molecule has 2 fully saturated rings. The average Bonchev–Trinajstić information content (AvgIpc) is 3.59. The molecule has 1 atom stereocenters. The van der Waals surface area contributed by atoms with Crippen molar-refractivity contribution < 1.29 is 13.2 Å². The van der Waals surface area contributed by atoms with Crippen LogP contribution in [0.3, 0.4) is 0 Å². The number of sulfonamides is 1. The molecule has 174 valence electrons. The monoisotopic (exact) mass is 477 g/mol. The van der Waals surface area contributed by atoms with Gasteiger partial charge in [-0.1, -0.05) is 18.2 Å². The predicted octanol–water partition coefficient (Wildman–Crippen LogP) is 4.03. The first-order valence-corrected chi connectivity index (χ1v) is 12.5. The molecule has 1 saturated heterocycles. The molecule has 1 amide bonds. The van der Waals surface area contributed by atoms with E-state index in [1.807, 2.05) is 32.0 Å². The van der Waals surface area contributed by atoms with Gasteiger partial charge >= 0.3 is 0 Å². The molecule has 0 spiro atoms. The van der Waals surface area contributed by atoms with Gasteiger partial charge in [0.1, 0.15) is 0 Å². The number of nitrogens with one attached hydrogen (secondary N) is 3. The Morgan fingerprint density at radius 2 is 1.62 bits per heavy atom. The fourth-order valence-corrected chi connectivity index (χ4v) is 5.90. The number of amides is 1. The van der Waals surface area contributed by atoms with E-state index in [0.717, 1.165) is 49.9 Å². The number of anilines is 1. The van der Waals surface area contributed by atoms with Crippen molar-refractivity contribution in [3.05, 3.63) is 59.2 Å². The van der Waals surface area contributed by atoms with Gasteiger partial charge in [-0.25, -0.2) is 13.1 Å². The zero-order valence-electron chi connectivity index (χ0n) is 18.6. The van der Waals surface area contributed by atoms with Crippen LogP contribution in [0, 0.1) is 25.7 Å². The number of carbonyl (C=O) groups is 1. The Labute approximate surface area is 197 Å². The smallest absolute Gasteiger partial charge is 0.255 e. The Kier molecular flexibility index (Phi) is 7.98. The summed E-state index contributed by atoms with van der Waals surface area (Å²) in [6.07, 6.45) is 4.21. The molecule has 8 heteroatoms. The molecule has 1 aliphatic carbocycles. The van der Waals surface area contributed by atoms with E-state index in [2.05, 4.69) is 15.4 Å². The van der Waals surface area contributed by atoms with Crippen molar-refractivity contribution in [2.75, 3.05) is 18.4 Å². The molecule has 1 unspecified atom stereocenters. The summed E-state index contributed by atoms with van der Waals surface area (Å²) in [5, 5.41) is 6.26. The summed E-state index contributed by atoms with van der Waals surface area (Å²) in [7, 11) is -3.62. The Hall–Kier alpha value is -1.93. The number of halogens is 1. The molecule has 1 saturated carbocycles. The highest BCUT2D eigenvalue weighted by Gasteiger charge is 2.39. The number of hydrogen-bond acceptors (Lipinski definition) is 4. The van der Waals surface area contributed by atoms with Crippen LogP contribution in [0.25, 0.3) is 0 Å². The van der Waals surface area contributed by atoms with Crippen molar-refractivity contribution >= 4 is 34.0 Å². The van der Waals surface area contributed by atoms with Crippen molar-refractivity contribution in [2.24, 2.45) is 11.8 Å². The first-order valence-electron chi connectivity index (χ1n) is 11.1. The average molecular weight is 478 g/mol. The second-order valence-corrected chi connectivity index (χ2v) is 10.5. The van der Waals surface area contributed by atoms with Crippen molar-refractivity contribution in [3.63, 3.8) is 0 Å². The maximum atomic E-state index is 13.2. The quantitative estimate of drug-likeness (QED) is 0.561. The highest BCUT2D eigenvalue weighted by atomic mass is 35.5. The maximum absolute atomic E-state index is 13.2. The van der Waals surface area contributed by atoms with E-state index < -0.39 is 10.0 Å². The molecule has 2 aromatic carbocycles. The lowest BCUT2D eigenvalue weighted by molar-refractivity contribution is 0.102. The van der Waals surface area contributed by atoms with E-state index in [1.54, 1.807) is 24.3 Å². The lowest BCUT2D eigenvalue weighted by Gasteiger charge is -2.31. The van der Waals surface area contributed by atoms with Gasteiger partial charge in [0.15, 0.2) is 0 Å². The third-order valence-electron chi connectivity index (χ3n) is 6.46. The topological polar surface area (TPSA) is 87.3 Å². The Morgan fingerprint density at radius 3 is 2.25 bits per heavy atom. The minimum absolute atomic E-state index is 0. The molecule has 4 rings (SSSR count). The summed E-state index contributed by atoms with van der Waals surface area (Å²) in [4.78, 5) is 12.9. The van der Waals surface area contributed by atoms with Crippen molar-refractivity contribution in [2.45, 2.75) is 50.5 Å². The summed E-state index contributed by atoms with van der Waals surface area (Å²) in [6, 6.07) is 12.3. The van der Waals surface area contributed by atoms with Crippen LogP contribution in [0.15, 0.2) is 47.4 Å². The van der Waals surface area contributed by atoms with Gasteiger partial charge in [0.25, 0.3) is 5.91 Å². The Balaban J connectivity index is 0.00000289. The molecule has 0 aromatic heterocycles. The third-order valence-corrected chi connectivity index (χ3v) is 7.92. The second-order valence-electron chi connectivity index (χ2n) is 8.82. The predicted molar refractivity (Wildman–Crippen MR) is 130 cm³/mol. The van der Waals surface area contributed by atoms with E-state index >= 15 is 0 Å². The second kappa shape index (κ2) is 10.3. The molecule has 3 N–H and O–H groups in total. The summed E-state index contributed by atoms with van der Waals surface area (Å²) in [6.45, 7) is 5.60. The zero-order chi connectivity index (χ0) is 22.0.